The van der Waals surface area contributed by atoms with E-state index in [4.69, 9.17) is 0 Å². The smallest absolute Gasteiger partial charge is 0.253 e. The predicted molar refractivity (Wildman–Crippen MR) is 316 cm³/mol. The van der Waals surface area contributed by atoms with Crippen LogP contribution < -0.4 is 36.0 Å². The summed E-state index contributed by atoms with van der Waals surface area (Å²) in [5.74, 6) is 0. The number of nitrogens with zero attached hydrogens (tertiary/aromatic N) is 4. The van der Waals surface area contributed by atoms with E-state index in [-0.39, 0.29) is 6.71 Å². The van der Waals surface area contributed by atoms with Gasteiger partial charge in [-0.2, -0.15) is 0 Å². The third-order valence-electron chi connectivity index (χ3n) is 15.1. The predicted octanol–water partition coefficient (Wildman–Crippen LogP) is 17.2. The first kappa shape index (κ1) is 44.6. The van der Waals surface area contributed by atoms with Crippen LogP contribution in [-0.4, -0.2) is 6.71 Å². The van der Waals surface area contributed by atoms with Crippen LogP contribution in [0.3, 0.4) is 0 Å². The van der Waals surface area contributed by atoms with Gasteiger partial charge in [0.2, 0.25) is 0 Å². The monoisotopic (exact) mass is 958 g/mol. The molecule has 13 rings (SSSR count). The minimum atomic E-state index is -0.110. The van der Waals surface area contributed by atoms with Crippen molar-refractivity contribution in [3.63, 3.8) is 0 Å². The SMILES string of the molecule is Cc1ccc(N(c2ccc(C)cc2)c2cc3c4c(c2)N(c2ccc(C)cc2)c2cc(N(c5ccc(C)cc5)c5ccc(C)cc5)c5sc6ccccc6c5c2B4c2cc(C)ccc2N3c2ccc(C)cc2)cc1. The van der Waals surface area contributed by atoms with E-state index < -0.39 is 0 Å². The molecule has 0 saturated heterocycles. The molecule has 0 radical (unpaired) electrons. The van der Waals surface area contributed by atoms with E-state index in [0.717, 1.165) is 51.2 Å². The second-order valence-corrected chi connectivity index (χ2v) is 21.4. The van der Waals surface area contributed by atoms with Gasteiger partial charge in [-0.05, 0) is 179 Å². The van der Waals surface area contributed by atoms with Gasteiger partial charge >= 0.3 is 0 Å². The zero-order valence-electron chi connectivity index (χ0n) is 42.4. The normalized spacial score (nSPS) is 12.5. The summed E-state index contributed by atoms with van der Waals surface area (Å²) in [4.78, 5) is 10.1. The Kier molecular flexibility index (Phi) is 10.7. The maximum absolute atomic E-state index is 2.60. The number of thiophene rings is 1. The molecular weight excluding hydrogens is 904 g/mol. The number of rotatable bonds is 8. The van der Waals surface area contributed by atoms with Crippen molar-refractivity contribution in [1.29, 1.82) is 0 Å². The average Bonchev–Trinajstić information content (AvgIpc) is 3.80. The molecule has 0 fully saturated rings. The first-order valence-corrected chi connectivity index (χ1v) is 26.2. The quantitative estimate of drug-likeness (QED) is 0.141. The molecule has 4 nitrogen and oxygen atoms in total. The first-order chi connectivity index (χ1) is 35.6. The van der Waals surface area contributed by atoms with E-state index in [9.17, 15) is 0 Å². The molecule has 0 atom stereocenters. The van der Waals surface area contributed by atoms with Crippen molar-refractivity contribution in [2.75, 3.05) is 19.6 Å². The fraction of sp³-hybridized carbons (Fsp3) is 0.104. The molecule has 0 aliphatic carbocycles. The van der Waals surface area contributed by atoms with Crippen molar-refractivity contribution in [2.45, 2.75) is 48.5 Å². The molecule has 352 valence electrons. The number of aryl methyl sites for hydroxylation is 7. The first-order valence-electron chi connectivity index (χ1n) is 25.4. The largest absolute Gasteiger partial charge is 0.311 e. The molecule has 2 aliphatic rings. The number of benzene rings is 10. The lowest BCUT2D eigenvalue weighted by atomic mass is 9.33. The van der Waals surface area contributed by atoms with Gasteiger partial charge in [0.05, 0.1) is 16.1 Å². The van der Waals surface area contributed by atoms with Gasteiger partial charge in [0.15, 0.2) is 0 Å². The molecule has 0 unspecified atom stereocenters. The molecule has 0 spiro atoms. The Labute approximate surface area is 433 Å². The van der Waals surface area contributed by atoms with Gasteiger partial charge in [0.1, 0.15) is 0 Å². The summed E-state index contributed by atoms with van der Waals surface area (Å²) in [6.07, 6.45) is 0. The van der Waals surface area contributed by atoms with Crippen LogP contribution in [-0.2, 0) is 0 Å². The van der Waals surface area contributed by atoms with E-state index in [1.165, 1.54) is 92.6 Å². The Morgan fingerprint density at radius 1 is 0.356 bits per heavy atom. The topological polar surface area (TPSA) is 13.0 Å². The summed E-state index contributed by atoms with van der Waals surface area (Å²) in [6.45, 7) is 15.2. The van der Waals surface area contributed by atoms with Crippen LogP contribution in [0.4, 0.5) is 68.2 Å². The van der Waals surface area contributed by atoms with Gasteiger partial charge in [0.25, 0.3) is 6.71 Å². The van der Waals surface area contributed by atoms with Crippen LogP contribution >= 0.6 is 11.3 Å². The minimum Gasteiger partial charge on any atom is -0.311 e. The van der Waals surface area contributed by atoms with Gasteiger partial charge in [0, 0.05) is 61.6 Å². The van der Waals surface area contributed by atoms with E-state index in [1.54, 1.807) is 0 Å². The van der Waals surface area contributed by atoms with Crippen molar-refractivity contribution in [1.82, 2.24) is 0 Å². The van der Waals surface area contributed by atoms with Crippen molar-refractivity contribution in [3.05, 3.63) is 245 Å². The molecule has 10 aromatic carbocycles. The Hall–Kier alpha value is -8.32. The van der Waals surface area contributed by atoms with Crippen molar-refractivity contribution in [3.8, 4) is 0 Å². The number of hydrogen-bond acceptors (Lipinski definition) is 5. The number of anilines is 12. The van der Waals surface area contributed by atoms with E-state index in [0.29, 0.717) is 0 Å². The highest BCUT2D eigenvalue weighted by atomic mass is 32.1. The summed E-state index contributed by atoms with van der Waals surface area (Å²) in [7, 11) is 0. The molecule has 3 heterocycles. The van der Waals surface area contributed by atoms with Gasteiger partial charge < -0.3 is 19.6 Å². The summed E-state index contributed by atoms with van der Waals surface area (Å²) >= 11 is 1.91. The third kappa shape index (κ3) is 7.51. The van der Waals surface area contributed by atoms with Crippen molar-refractivity contribution < 1.29 is 0 Å². The Morgan fingerprint density at radius 3 is 1.26 bits per heavy atom. The lowest BCUT2D eigenvalue weighted by molar-refractivity contribution is 1.22. The van der Waals surface area contributed by atoms with E-state index >= 15 is 0 Å². The number of hydrogen-bond donors (Lipinski definition) is 0. The fourth-order valence-electron chi connectivity index (χ4n) is 11.4. The lowest BCUT2D eigenvalue weighted by Crippen LogP contribution is -2.61. The van der Waals surface area contributed by atoms with Crippen LogP contribution in [0, 0.1) is 48.5 Å². The second-order valence-electron chi connectivity index (χ2n) is 20.4. The lowest BCUT2D eigenvalue weighted by Gasteiger charge is -2.45. The summed E-state index contributed by atoms with van der Waals surface area (Å²) < 4.78 is 2.54. The maximum atomic E-state index is 2.60. The highest BCUT2D eigenvalue weighted by Gasteiger charge is 2.46. The summed E-state index contributed by atoms with van der Waals surface area (Å²) in [6, 6.07) is 78.0. The highest BCUT2D eigenvalue weighted by Crippen LogP contribution is 2.53. The summed E-state index contributed by atoms with van der Waals surface area (Å²) in [5.41, 5.74) is 26.2. The van der Waals surface area contributed by atoms with Crippen molar-refractivity contribution >= 4 is 123 Å². The van der Waals surface area contributed by atoms with Gasteiger partial charge in [-0.1, -0.05) is 142 Å². The van der Waals surface area contributed by atoms with E-state index in [2.05, 4.69) is 274 Å². The van der Waals surface area contributed by atoms with Gasteiger partial charge in [-0.15, -0.1) is 11.3 Å². The molecule has 6 heteroatoms. The molecule has 0 amide bonds. The third-order valence-corrected chi connectivity index (χ3v) is 16.2. The second kappa shape index (κ2) is 17.5. The molecule has 0 bridgehead atoms. The van der Waals surface area contributed by atoms with Crippen LogP contribution in [0.2, 0.25) is 0 Å². The molecule has 0 N–H and O–H groups in total. The zero-order valence-corrected chi connectivity index (χ0v) is 43.2. The Balaban J connectivity index is 1.21. The van der Waals surface area contributed by atoms with Gasteiger partial charge in [-0.25, -0.2) is 0 Å². The Morgan fingerprint density at radius 2 is 0.767 bits per heavy atom. The Bertz CT molecular complexity index is 3830. The highest BCUT2D eigenvalue weighted by molar-refractivity contribution is 7.27. The standard InChI is InChI=1S/C67H55BN4S/c1-42-12-25-49(26-13-42)69(50-27-14-43(2)15-28-50)55-39-59-65-60(40-55)72(54-35-22-47(6)23-36-54)61-41-62(70(51-29-16-44(3)17-30-51)52-31-18-45(4)19-32-52)67-64(56-10-8-9-11-63(56)73-67)66(61)68(65)57-38-48(7)24-37-58(57)71(59)53-33-20-46(5)21-34-53/h8-41H,1-7H3. The molecule has 73 heavy (non-hydrogen) atoms. The maximum Gasteiger partial charge on any atom is 0.253 e. The molecule has 11 aromatic rings. The zero-order chi connectivity index (χ0) is 49.6. The fourth-order valence-corrected chi connectivity index (χ4v) is 12.6. The van der Waals surface area contributed by atoms with Crippen LogP contribution in [0.25, 0.3) is 20.2 Å². The van der Waals surface area contributed by atoms with Crippen molar-refractivity contribution in [2.24, 2.45) is 0 Å². The van der Waals surface area contributed by atoms with Crippen LogP contribution in [0.5, 0.6) is 0 Å². The molecule has 2 aliphatic heterocycles. The van der Waals surface area contributed by atoms with Gasteiger partial charge in [-0.3, -0.25) is 0 Å². The molecule has 1 aromatic heterocycles. The average molecular weight is 959 g/mol. The number of fused-ring (bicyclic) bond motifs is 8. The van der Waals surface area contributed by atoms with Crippen LogP contribution in [0.1, 0.15) is 38.9 Å². The molecular formula is C67H55BN4S. The minimum absolute atomic E-state index is 0.110. The molecule has 0 saturated carbocycles. The summed E-state index contributed by atoms with van der Waals surface area (Å²) in [5, 5.41) is 2.58. The van der Waals surface area contributed by atoms with Crippen LogP contribution in [0.15, 0.2) is 206 Å². The van der Waals surface area contributed by atoms with E-state index in [1.807, 2.05) is 11.3 Å².